The molecule has 1 aliphatic rings. The van der Waals surface area contributed by atoms with Gasteiger partial charge in [-0.05, 0) is 30.2 Å². The molecule has 2 N–H and O–H groups in total. The van der Waals surface area contributed by atoms with Gasteiger partial charge in [0.2, 0.25) is 5.91 Å². The molecule has 0 aromatic heterocycles. The number of carbonyl (C=O) groups excluding carboxylic acids is 2. The van der Waals surface area contributed by atoms with Crippen LogP contribution < -0.4 is 5.32 Å². The molecule has 0 bridgehead atoms. The Bertz CT molecular complexity index is 838. The van der Waals surface area contributed by atoms with Crippen molar-refractivity contribution in [3.05, 3.63) is 44.8 Å². The third kappa shape index (κ3) is 6.13. The average Bonchev–Trinajstić information content (AvgIpc) is 2.90. The number of aliphatic carboxylic acids is 1. The van der Waals surface area contributed by atoms with Gasteiger partial charge in [-0.3, -0.25) is 29.4 Å². The normalized spacial score (nSPS) is 15.1. The van der Waals surface area contributed by atoms with Crippen LogP contribution in [-0.2, 0) is 14.4 Å². The number of carboxylic acids is 1. The number of rotatable bonds is 9. The van der Waals surface area contributed by atoms with Gasteiger partial charge in [0.15, 0.2) is 0 Å². The highest BCUT2D eigenvalue weighted by Crippen LogP contribution is 2.32. The number of amides is 2. The van der Waals surface area contributed by atoms with E-state index in [1.807, 2.05) is 0 Å². The van der Waals surface area contributed by atoms with Crippen molar-refractivity contribution < 1.29 is 24.4 Å². The number of benzene rings is 1. The molecule has 0 unspecified atom stereocenters. The van der Waals surface area contributed by atoms with E-state index in [1.165, 1.54) is 29.2 Å². The standard InChI is InChI=1S/C17H17N3O6S2/c21-14(18-8-1-2-15(22)23)7-9-19-16(24)13(28-17(19)27)10-11-3-5-12(6-4-11)20(25)26/h3-6,10H,1-2,7-9H2,(H,18,21)(H,22,23)/b13-10-. The van der Waals surface area contributed by atoms with Crippen molar-refractivity contribution in [3.8, 4) is 0 Å². The fourth-order valence-corrected chi connectivity index (χ4v) is 3.61. The molecule has 2 rings (SSSR count). The summed E-state index contributed by atoms with van der Waals surface area (Å²) >= 11 is 6.30. The lowest BCUT2D eigenvalue weighted by Crippen LogP contribution is -2.33. The zero-order valence-electron chi connectivity index (χ0n) is 14.6. The molecule has 0 saturated carbocycles. The molecule has 9 nitrogen and oxygen atoms in total. The molecule has 11 heteroatoms. The van der Waals surface area contributed by atoms with Crippen LogP contribution in [-0.4, -0.2) is 50.1 Å². The Morgan fingerprint density at radius 3 is 2.57 bits per heavy atom. The largest absolute Gasteiger partial charge is 0.481 e. The Morgan fingerprint density at radius 2 is 1.96 bits per heavy atom. The van der Waals surface area contributed by atoms with Crippen LogP contribution in [0.2, 0.25) is 0 Å². The highest BCUT2D eigenvalue weighted by Gasteiger charge is 2.32. The predicted molar refractivity (Wildman–Crippen MR) is 107 cm³/mol. The third-order valence-electron chi connectivity index (χ3n) is 3.73. The second-order valence-corrected chi connectivity index (χ2v) is 7.46. The first-order valence-electron chi connectivity index (χ1n) is 8.26. The molecule has 1 saturated heterocycles. The summed E-state index contributed by atoms with van der Waals surface area (Å²) in [6, 6.07) is 5.77. The van der Waals surface area contributed by atoms with Crippen LogP contribution in [0.15, 0.2) is 29.2 Å². The summed E-state index contributed by atoms with van der Waals surface area (Å²) in [5.41, 5.74) is 0.585. The van der Waals surface area contributed by atoms with Crippen LogP contribution >= 0.6 is 24.0 Å². The predicted octanol–water partition coefficient (Wildman–Crippen LogP) is 2.17. The number of carboxylic acid groups (broad SMARTS) is 1. The number of non-ortho nitro benzene ring substituents is 1. The third-order valence-corrected chi connectivity index (χ3v) is 5.11. The summed E-state index contributed by atoms with van der Waals surface area (Å²) in [6.07, 6.45) is 1.95. The van der Waals surface area contributed by atoms with Gasteiger partial charge < -0.3 is 10.4 Å². The molecule has 148 valence electrons. The van der Waals surface area contributed by atoms with Crippen LogP contribution in [0.25, 0.3) is 6.08 Å². The maximum atomic E-state index is 12.5. The van der Waals surface area contributed by atoms with E-state index in [1.54, 1.807) is 6.08 Å². The van der Waals surface area contributed by atoms with Gasteiger partial charge in [0.25, 0.3) is 11.6 Å². The number of thiocarbonyl (C=S) groups is 1. The first-order chi connectivity index (χ1) is 13.3. The number of nitro groups is 1. The summed E-state index contributed by atoms with van der Waals surface area (Å²) < 4.78 is 0.330. The molecule has 0 spiro atoms. The van der Waals surface area contributed by atoms with Gasteiger partial charge in [0, 0.05) is 38.1 Å². The monoisotopic (exact) mass is 423 g/mol. The van der Waals surface area contributed by atoms with E-state index in [0.717, 1.165) is 11.8 Å². The molecule has 1 heterocycles. The highest BCUT2D eigenvalue weighted by molar-refractivity contribution is 8.26. The first-order valence-corrected chi connectivity index (χ1v) is 9.48. The maximum absolute atomic E-state index is 12.5. The van der Waals surface area contributed by atoms with E-state index in [2.05, 4.69) is 5.32 Å². The number of nitrogens with zero attached hydrogens (tertiary/aromatic N) is 2. The van der Waals surface area contributed by atoms with Gasteiger partial charge in [-0.2, -0.15) is 0 Å². The van der Waals surface area contributed by atoms with E-state index in [9.17, 15) is 24.5 Å². The van der Waals surface area contributed by atoms with Crippen molar-refractivity contribution in [2.45, 2.75) is 19.3 Å². The minimum atomic E-state index is -0.924. The Labute approximate surface area is 169 Å². The molecule has 0 atom stereocenters. The van der Waals surface area contributed by atoms with Crippen LogP contribution in [0.4, 0.5) is 5.69 Å². The zero-order chi connectivity index (χ0) is 20.7. The Morgan fingerprint density at radius 1 is 1.29 bits per heavy atom. The molecule has 1 aliphatic heterocycles. The van der Waals surface area contributed by atoms with Crippen LogP contribution in [0, 0.1) is 10.1 Å². The minimum absolute atomic E-state index is 0.0254. The van der Waals surface area contributed by atoms with Crippen LogP contribution in [0.3, 0.4) is 0 Å². The lowest BCUT2D eigenvalue weighted by Gasteiger charge is -2.14. The summed E-state index contributed by atoms with van der Waals surface area (Å²) in [5, 5.41) is 21.8. The Hall–Kier alpha value is -2.79. The molecule has 0 radical (unpaired) electrons. The minimum Gasteiger partial charge on any atom is -0.481 e. The molecule has 1 aromatic carbocycles. The van der Waals surface area contributed by atoms with Crippen molar-refractivity contribution in [3.63, 3.8) is 0 Å². The molecular weight excluding hydrogens is 406 g/mol. The van der Waals surface area contributed by atoms with E-state index in [-0.39, 0.29) is 43.4 Å². The second-order valence-electron chi connectivity index (χ2n) is 5.78. The average molecular weight is 423 g/mol. The van der Waals surface area contributed by atoms with Gasteiger partial charge in [0.1, 0.15) is 4.32 Å². The van der Waals surface area contributed by atoms with Crippen molar-refractivity contribution in [1.82, 2.24) is 10.2 Å². The lowest BCUT2D eigenvalue weighted by atomic mass is 10.2. The molecule has 0 aliphatic carbocycles. The number of hydrogen-bond donors (Lipinski definition) is 2. The van der Waals surface area contributed by atoms with Crippen molar-refractivity contribution >= 4 is 57.8 Å². The van der Waals surface area contributed by atoms with Gasteiger partial charge in [-0.15, -0.1) is 0 Å². The van der Waals surface area contributed by atoms with E-state index < -0.39 is 10.9 Å². The molecule has 28 heavy (non-hydrogen) atoms. The number of hydrogen-bond acceptors (Lipinski definition) is 7. The molecular formula is C17H17N3O6S2. The van der Waals surface area contributed by atoms with Crippen molar-refractivity contribution in [2.24, 2.45) is 0 Å². The van der Waals surface area contributed by atoms with E-state index >= 15 is 0 Å². The van der Waals surface area contributed by atoms with E-state index in [4.69, 9.17) is 17.3 Å². The fourth-order valence-electron chi connectivity index (χ4n) is 2.31. The zero-order valence-corrected chi connectivity index (χ0v) is 16.3. The fraction of sp³-hybridized carbons (Fsp3) is 0.294. The SMILES string of the molecule is O=C(O)CCCNC(=O)CCN1C(=O)/C(=C/c2ccc([N+](=O)[O-])cc2)SC1=S. The number of thioether (sulfide) groups is 1. The summed E-state index contributed by atoms with van der Waals surface area (Å²) in [5.74, 6) is -1.54. The topological polar surface area (TPSA) is 130 Å². The smallest absolute Gasteiger partial charge is 0.303 e. The molecule has 2 amide bonds. The lowest BCUT2D eigenvalue weighted by molar-refractivity contribution is -0.384. The Balaban J connectivity index is 1.89. The highest BCUT2D eigenvalue weighted by atomic mass is 32.2. The molecule has 1 aromatic rings. The first kappa shape index (κ1) is 21.5. The summed E-state index contributed by atoms with van der Waals surface area (Å²) in [7, 11) is 0. The van der Waals surface area contributed by atoms with Crippen molar-refractivity contribution in [1.29, 1.82) is 0 Å². The quantitative estimate of drug-likeness (QED) is 0.203. The maximum Gasteiger partial charge on any atom is 0.303 e. The number of nitro benzene ring substituents is 1. The van der Waals surface area contributed by atoms with Gasteiger partial charge >= 0.3 is 5.97 Å². The van der Waals surface area contributed by atoms with Gasteiger partial charge in [-0.1, -0.05) is 24.0 Å². The summed E-state index contributed by atoms with van der Waals surface area (Å²) in [6.45, 7) is 0.372. The van der Waals surface area contributed by atoms with E-state index in [0.29, 0.717) is 21.2 Å². The number of carbonyl (C=O) groups is 3. The Kier molecular flexibility index (Phi) is 7.64. The van der Waals surface area contributed by atoms with Gasteiger partial charge in [0.05, 0.1) is 9.83 Å². The number of nitrogens with one attached hydrogen (secondary N) is 1. The van der Waals surface area contributed by atoms with Crippen LogP contribution in [0.5, 0.6) is 0 Å². The van der Waals surface area contributed by atoms with Crippen molar-refractivity contribution in [2.75, 3.05) is 13.1 Å². The second kappa shape index (κ2) is 9.95. The van der Waals surface area contributed by atoms with Crippen LogP contribution in [0.1, 0.15) is 24.8 Å². The van der Waals surface area contributed by atoms with Gasteiger partial charge in [-0.25, -0.2) is 0 Å². The molecule has 1 fully saturated rings. The summed E-state index contributed by atoms with van der Waals surface area (Å²) in [4.78, 5) is 46.6.